The van der Waals surface area contributed by atoms with Crippen LogP contribution in [0.1, 0.15) is 28.6 Å². The van der Waals surface area contributed by atoms with E-state index in [1.54, 1.807) is 19.2 Å². The van der Waals surface area contributed by atoms with Gasteiger partial charge in [-0.05, 0) is 19.5 Å². The van der Waals surface area contributed by atoms with E-state index in [4.69, 9.17) is 10.2 Å². The van der Waals surface area contributed by atoms with E-state index < -0.39 is 0 Å². The van der Waals surface area contributed by atoms with Gasteiger partial charge in [-0.25, -0.2) is 15.0 Å². The topological polar surface area (TPSA) is 101 Å². The number of oxazole rings is 1. The fraction of sp³-hybridized carbons (Fsp3) is 0.333. The molecule has 29 heavy (non-hydrogen) atoms. The van der Waals surface area contributed by atoms with E-state index >= 15 is 0 Å². The van der Waals surface area contributed by atoms with Crippen molar-refractivity contribution in [1.82, 2.24) is 24.8 Å². The van der Waals surface area contributed by atoms with Crippen LogP contribution in [0.5, 0.6) is 0 Å². The molecule has 2 N–H and O–H groups in total. The van der Waals surface area contributed by atoms with E-state index in [9.17, 15) is 4.79 Å². The van der Waals surface area contributed by atoms with Crippen LogP contribution in [0.4, 0.5) is 5.82 Å². The molecule has 0 radical (unpaired) electrons. The predicted molar refractivity (Wildman–Crippen MR) is 109 cm³/mol. The standard InChI is InChI=1S/C21H24N6O2/c1-14-24-19(20(29-14)15-6-4-3-5-7-15)21(28)27-11-9-16(12-27)26(2)13-18-23-10-8-17(22)25-18/h3-8,10,16H,9,11-13H2,1-2H3,(H2,22,23,25)/t16-/m0/s1. The first-order valence-electron chi connectivity index (χ1n) is 9.61. The molecule has 0 spiro atoms. The Morgan fingerprint density at radius 2 is 2.07 bits per heavy atom. The number of nitrogens with two attached hydrogens (primary N) is 1. The van der Waals surface area contributed by atoms with Crippen LogP contribution < -0.4 is 5.73 Å². The Balaban J connectivity index is 1.46. The summed E-state index contributed by atoms with van der Waals surface area (Å²) in [5.74, 6) is 2.05. The molecule has 1 aromatic carbocycles. The molecule has 0 bridgehead atoms. The van der Waals surface area contributed by atoms with E-state index in [1.165, 1.54) is 0 Å². The van der Waals surface area contributed by atoms with Gasteiger partial charge in [-0.3, -0.25) is 9.69 Å². The molecule has 150 valence electrons. The minimum absolute atomic E-state index is 0.100. The molecule has 3 aromatic rings. The normalized spacial score (nSPS) is 16.5. The third-order valence-corrected chi connectivity index (χ3v) is 5.16. The van der Waals surface area contributed by atoms with Gasteiger partial charge in [0.25, 0.3) is 5.91 Å². The number of nitrogen functional groups attached to an aromatic ring is 1. The molecule has 1 aliphatic heterocycles. The Morgan fingerprint density at radius 3 is 2.83 bits per heavy atom. The van der Waals surface area contributed by atoms with Crippen molar-refractivity contribution in [2.24, 2.45) is 0 Å². The molecule has 3 heterocycles. The first-order chi connectivity index (χ1) is 14.0. The van der Waals surface area contributed by atoms with Gasteiger partial charge in [-0.15, -0.1) is 0 Å². The first kappa shape index (κ1) is 19.1. The molecule has 0 aliphatic carbocycles. The zero-order valence-electron chi connectivity index (χ0n) is 16.6. The maximum atomic E-state index is 13.2. The molecule has 2 aromatic heterocycles. The summed E-state index contributed by atoms with van der Waals surface area (Å²) in [4.78, 5) is 30.1. The summed E-state index contributed by atoms with van der Waals surface area (Å²) < 4.78 is 5.75. The van der Waals surface area contributed by atoms with E-state index in [0.717, 1.165) is 12.0 Å². The van der Waals surface area contributed by atoms with Crippen LogP contribution in [0.2, 0.25) is 0 Å². The maximum Gasteiger partial charge on any atom is 0.276 e. The van der Waals surface area contributed by atoms with Crippen molar-refractivity contribution in [2.45, 2.75) is 25.9 Å². The Bertz CT molecular complexity index is 1000. The number of nitrogens with zero attached hydrogens (tertiary/aromatic N) is 5. The van der Waals surface area contributed by atoms with Crippen LogP contribution in [0.15, 0.2) is 47.0 Å². The molecule has 4 rings (SSSR count). The summed E-state index contributed by atoms with van der Waals surface area (Å²) in [6.07, 6.45) is 2.54. The first-order valence-corrected chi connectivity index (χ1v) is 9.61. The van der Waals surface area contributed by atoms with E-state index in [2.05, 4.69) is 19.9 Å². The summed E-state index contributed by atoms with van der Waals surface area (Å²) in [6, 6.07) is 11.5. The van der Waals surface area contributed by atoms with Gasteiger partial charge in [0.1, 0.15) is 11.6 Å². The van der Waals surface area contributed by atoms with Crippen LogP contribution in [0.25, 0.3) is 11.3 Å². The van der Waals surface area contributed by atoms with Gasteiger partial charge in [0, 0.05) is 37.8 Å². The summed E-state index contributed by atoms with van der Waals surface area (Å²) in [5, 5.41) is 0. The second-order valence-corrected chi connectivity index (χ2v) is 7.28. The monoisotopic (exact) mass is 392 g/mol. The van der Waals surface area contributed by atoms with E-state index in [0.29, 0.717) is 48.6 Å². The lowest BCUT2D eigenvalue weighted by atomic mass is 10.1. The van der Waals surface area contributed by atoms with Gasteiger partial charge in [-0.1, -0.05) is 30.3 Å². The third kappa shape index (κ3) is 4.12. The van der Waals surface area contributed by atoms with E-state index in [-0.39, 0.29) is 11.9 Å². The quantitative estimate of drug-likeness (QED) is 0.711. The van der Waals surface area contributed by atoms with Crippen molar-refractivity contribution in [2.75, 3.05) is 25.9 Å². The van der Waals surface area contributed by atoms with Crippen molar-refractivity contribution in [1.29, 1.82) is 0 Å². The fourth-order valence-electron chi connectivity index (χ4n) is 3.64. The molecular weight excluding hydrogens is 368 g/mol. The molecule has 1 amide bonds. The van der Waals surface area contributed by atoms with Crippen molar-refractivity contribution < 1.29 is 9.21 Å². The second-order valence-electron chi connectivity index (χ2n) is 7.28. The van der Waals surface area contributed by atoms with Crippen molar-refractivity contribution >= 4 is 11.7 Å². The summed E-state index contributed by atoms with van der Waals surface area (Å²) >= 11 is 0. The van der Waals surface area contributed by atoms with Crippen molar-refractivity contribution in [3.8, 4) is 11.3 Å². The second kappa shape index (κ2) is 8.00. The summed E-state index contributed by atoms with van der Waals surface area (Å²) in [7, 11) is 2.01. The number of hydrogen-bond acceptors (Lipinski definition) is 7. The third-order valence-electron chi connectivity index (χ3n) is 5.16. The highest BCUT2D eigenvalue weighted by molar-refractivity contribution is 5.97. The Kier molecular flexibility index (Phi) is 5.26. The zero-order valence-corrected chi connectivity index (χ0v) is 16.6. The number of benzene rings is 1. The number of anilines is 1. The number of aromatic nitrogens is 3. The number of aryl methyl sites for hydroxylation is 1. The Hall–Kier alpha value is -3.26. The summed E-state index contributed by atoms with van der Waals surface area (Å²) in [6.45, 7) is 3.63. The smallest absolute Gasteiger partial charge is 0.276 e. The van der Waals surface area contributed by atoms with Gasteiger partial charge < -0.3 is 15.1 Å². The molecule has 1 saturated heterocycles. The van der Waals surface area contributed by atoms with Crippen molar-refractivity contribution in [3.63, 3.8) is 0 Å². The Morgan fingerprint density at radius 1 is 1.28 bits per heavy atom. The maximum absolute atomic E-state index is 13.2. The highest BCUT2D eigenvalue weighted by atomic mass is 16.4. The van der Waals surface area contributed by atoms with Crippen LogP contribution in [0, 0.1) is 6.92 Å². The number of hydrogen-bond donors (Lipinski definition) is 1. The lowest BCUT2D eigenvalue weighted by molar-refractivity contribution is 0.0774. The van der Waals surface area contributed by atoms with Crippen LogP contribution in [-0.4, -0.2) is 56.8 Å². The molecule has 1 fully saturated rings. The number of likely N-dealkylation sites (N-methyl/N-ethyl adjacent to an activating group) is 1. The van der Waals surface area contributed by atoms with Crippen LogP contribution in [0.3, 0.4) is 0 Å². The molecule has 0 unspecified atom stereocenters. The molecular formula is C21H24N6O2. The average Bonchev–Trinajstić information content (AvgIpc) is 3.35. The highest BCUT2D eigenvalue weighted by Crippen LogP contribution is 2.27. The molecule has 8 heteroatoms. The number of rotatable bonds is 5. The molecule has 0 saturated carbocycles. The number of likely N-dealkylation sites (tertiary alicyclic amines) is 1. The van der Waals surface area contributed by atoms with Gasteiger partial charge in [0.15, 0.2) is 17.3 Å². The number of amides is 1. The lowest BCUT2D eigenvalue weighted by Gasteiger charge is -2.23. The predicted octanol–water partition coefficient (Wildman–Crippen LogP) is 2.37. The molecule has 8 nitrogen and oxygen atoms in total. The average molecular weight is 392 g/mol. The van der Waals surface area contributed by atoms with Crippen LogP contribution >= 0.6 is 0 Å². The lowest BCUT2D eigenvalue weighted by Crippen LogP contribution is -2.36. The molecule has 1 aliphatic rings. The fourth-order valence-corrected chi connectivity index (χ4v) is 3.64. The summed E-state index contributed by atoms with van der Waals surface area (Å²) in [5.41, 5.74) is 6.96. The van der Waals surface area contributed by atoms with Gasteiger partial charge in [0.2, 0.25) is 0 Å². The number of carbonyl (C=O) groups is 1. The van der Waals surface area contributed by atoms with Gasteiger partial charge in [-0.2, -0.15) is 0 Å². The van der Waals surface area contributed by atoms with E-state index in [1.807, 2.05) is 42.3 Å². The SMILES string of the molecule is Cc1nc(C(=O)N2CC[C@H](N(C)Cc3nccc(N)n3)C2)c(-c2ccccc2)o1. The largest absolute Gasteiger partial charge is 0.440 e. The highest BCUT2D eigenvalue weighted by Gasteiger charge is 2.32. The number of carbonyl (C=O) groups excluding carboxylic acids is 1. The van der Waals surface area contributed by atoms with Gasteiger partial charge in [0.05, 0.1) is 6.54 Å². The Labute approximate surface area is 169 Å². The van der Waals surface area contributed by atoms with Crippen molar-refractivity contribution in [3.05, 3.63) is 60.0 Å². The molecule has 1 atom stereocenters. The zero-order chi connectivity index (χ0) is 20.4. The minimum atomic E-state index is -0.100. The minimum Gasteiger partial charge on any atom is -0.440 e. The van der Waals surface area contributed by atoms with Gasteiger partial charge >= 0.3 is 0 Å². The van der Waals surface area contributed by atoms with Crippen LogP contribution in [-0.2, 0) is 6.54 Å².